The van der Waals surface area contributed by atoms with E-state index in [-0.39, 0.29) is 19.6 Å². The average molecular weight is 831 g/mol. The van der Waals surface area contributed by atoms with Crippen LogP contribution in [0.2, 0.25) is 0 Å². The van der Waals surface area contributed by atoms with Crippen molar-refractivity contribution in [2.45, 2.75) is 198 Å². The van der Waals surface area contributed by atoms with E-state index in [1.807, 2.05) is 0 Å². The van der Waals surface area contributed by atoms with Gasteiger partial charge in [-0.3, -0.25) is 9.35 Å². The van der Waals surface area contributed by atoms with Crippen molar-refractivity contribution >= 4 is 16.4 Å². The Morgan fingerprint density at radius 3 is 1.75 bits per heavy atom. The van der Waals surface area contributed by atoms with Gasteiger partial charge in [-0.2, -0.15) is 8.42 Å². The van der Waals surface area contributed by atoms with E-state index in [1.54, 1.807) is 0 Å². The zero-order chi connectivity index (χ0) is 41.8. The SMILES string of the molecule is CC/C=C\C/C=C\C/C=C\C/C=C\CCCCCOCC(COC1OC(CO)C(O)C(OS(=O)(=O)O)C1O)OC(=O)CCCCCCCCCCCCCCCC. The third kappa shape index (κ3) is 29.8. The zero-order valence-corrected chi connectivity index (χ0v) is 36.0. The molecule has 1 aliphatic rings. The second-order valence-electron chi connectivity index (χ2n) is 14.9. The summed E-state index contributed by atoms with van der Waals surface area (Å²) in [4.78, 5) is 12.8. The lowest BCUT2D eigenvalue weighted by Gasteiger charge is -2.41. The molecule has 0 aromatic rings. The molecule has 0 bridgehead atoms. The summed E-state index contributed by atoms with van der Waals surface area (Å²) < 4.78 is 58.9. The van der Waals surface area contributed by atoms with Gasteiger partial charge in [0.05, 0.1) is 19.8 Å². The van der Waals surface area contributed by atoms with Crippen molar-refractivity contribution in [2.75, 3.05) is 26.4 Å². The number of ether oxygens (including phenoxy) is 4. The first-order valence-electron chi connectivity index (χ1n) is 21.9. The zero-order valence-electron chi connectivity index (χ0n) is 35.1. The number of unbranched alkanes of at least 4 members (excludes halogenated alkanes) is 16. The van der Waals surface area contributed by atoms with E-state index in [0.29, 0.717) is 13.0 Å². The van der Waals surface area contributed by atoms with Gasteiger partial charge in [-0.25, -0.2) is 4.18 Å². The minimum atomic E-state index is -5.06. The number of aliphatic hydroxyl groups excluding tert-OH is 3. The standard InChI is InChI=1S/C44H78O12S/c1-3-5-7-9-11-13-15-17-19-20-22-24-26-28-30-32-34-52-36-38(37-53-44-42(48)43(56-57(49,50)51)41(47)39(35-45)55-44)54-40(46)33-31-29-27-25-23-21-18-16-14-12-10-8-6-4-2/h5,7,11,13,17,19,22,24,38-39,41-45,47-48H,3-4,6,8-10,12,14-16,18,20-21,23,25-37H2,1-2H3,(H,49,50,51)/b7-5-,13-11-,19-17-,24-22-. The fourth-order valence-electron chi connectivity index (χ4n) is 6.43. The fraction of sp³-hybridized carbons (Fsp3) is 0.795. The van der Waals surface area contributed by atoms with Gasteiger partial charge in [0, 0.05) is 13.0 Å². The number of aliphatic hydroxyl groups is 3. The molecule has 1 rings (SSSR count). The van der Waals surface area contributed by atoms with E-state index < -0.39 is 59.8 Å². The summed E-state index contributed by atoms with van der Waals surface area (Å²) in [5, 5.41) is 30.6. The third-order valence-corrected chi connectivity index (χ3v) is 10.2. The molecule has 13 heteroatoms. The van der Waals surface area contributed by atoms with Gasteiger partial charge in [0.15, 0.2) is 6.29 Å². The number of hydrogen-bond acceptors (Lipinski definition) is 11. The summed E-state index contributed by atoms with van der Waals surface area (Å²) >= 11 is 0. The monoisotopic (exact) mass is 831 g/mol. The van der Waals surface area contributed by atoms with Crippen LogP contribution < -0.4 is 0 Å². The van der Waals surface area contributed by atoms with Crippen LogP contribution in [-0.2, 0) is 38.3 Å². The van der Waals surface area contributed by atoms with Gasteiger partial charge in [-0.05, 0) is 51.4 Å². The Kier molecular flexibility index (Phi) is 33.5. The minimum absolute atomic E-state index is 0.0150. The van der Waals surface area contributed by atoms with Crippen LogP contribution in [0.3, 0.4) is 0 Å². The second kappa shape index (κ2) is 36.0. The number of rotatable bonds is 37. The quantitative estimate of drug-likeness (QED) is 0.0203. The first-order valence-corrected chi connectivity index (χ1v) is 23.3. The first kappa shape index (κ1) is 53.1. The summed E-state index contributed by atoms with van der Waals surface area (Å²) in [7, 11) is -5.06. The van der Waals surface area contributed by atoms with Crippen LogP contribution in [0, 0.1) is 0 Å². The molecule has 0 radical (unpaired) electrons. The molecule has 4 N–H and O–H groups in total. The van der Waals surface area contributed by atoms with E-state index >= 15 is 0 Å². The molecule has 0 amide bonds. The molecule has 1 saturated heterocycles. The summed E-state index contributed by atoms with van der Waals surface area (Å²) in [5.41, 5.74) is 0. The van der Waals surface area contributed by atoms with Crippen LogP contribution in [0.4, 0.5) is 0 Å². The Hall–Kier alpha value is -1.94. The van der Waals surface area contributed by atoms with E-state index in [2.05, 4.69) is 66.6 Å². The van der Waals surface area contributed by atoms with Gasteiger partial charge >= 0.3 is 16.4 Å². The highest BCUT2D eigenvalue weighted by Gasteiger charge is 2.48. The average Bonchev–Trinajstić information content (AvgIpc) is 3.18. The van der Waals surface area contributed by atoms with Crippen molar-refractivity contribution < 1.29 is 56.2 Å². The Labute approximate surface area is 345 Å². The molecule has 0 aromatic carbocycles. The number of allylic oxidation sites excluding steroid dienone is 8. The largest absolute Gasteiger partial charge is 0.457 e. The summed E-state index contributed by atoms with van der Waals surface area (Å²) in [6.07, 6.45) is 32.9. The highest BCUT2D eigenvalue weighted by molar-refractivity contribution is 7.80. The minimum Gasteiger partial charge on any atom is -0.457 e. The Morgan fingerprint density at radius 2 is 1.21 bits per heavy atom. The molecule has 12 nitrogen and oxygen atoms in total. The highest BCUT2D eigenvalue weighted by atomic mass is 32.3. The lowest BCUT2D eigenvalue weighted by atomic mass is 9.99. The van der Waals surface area contributed by atoms with Gasteiger partial charge < -0.3 is 34.3 Å². The van der Waals surface area contributed by atoms with E-state index in [1.165, 1.54) is 64.2 Å². The maximum atomic E-state index is 12.8. The van der Waals surface area contributed by atoms with Gasteiger partial charge in [0.25, 0.3) is 0 Å². The molecule has 57 heavy (non-hydrogen) atoms. The van der Waals surface area contributed by atoms with Crippen molar-refractivity contribution in [3.63, 3.8) is 0 Å². The molecule has 1 fully saturated rings. The Bertz CT molecular complexity index is 1190. The number of carbonyl (C=O) groups is 1. The summed E-state index contributed by atoms with van der Waals surface area (Å²) in [5.74, 6) is -0.412. The molecule has 0 aromatic heterocycles. The van der Waals surface area contributed by atoms with Crippen molar-refractivity contribution in [1.82, 2.24) is 0 Å². The summed E-state index contributed by atoms with van der Waals surface area (Å²) in [6.45, 7) is 3.79. The molecule has 6 unspecified atom stereocenters. The smallest absolute Gasteiger partial charge is 0.397 e. The van der Waals surface area contributed by atoms with Crippen LogP contribution >= 0.6 is 0 Å². The Morgan fingerprint density at radius 1 is 0.684 bits per heavy atom. The third-order valence-electron chi connectivity index (χ3n) is 9.72. The highest BCUT2D eigenvalue weighted by Crippen LogP contribution is 2.26. The van der Waals surface area contributed by atoms with Crippen LogP contribution in [0.25, 0.3) is 0 Å². The van der Waals surface area contributed by atoms with Gasteiger partial charge in [0.1, 0.15) is 30.5 Å². The molecular formula is C44H78O12S. The normalized spacial score (nSPS) is 21.1. The number of hydrogen-bond donors (Lipinski definition) is 4. The maximum absolute atomic E-state index is 12.8. The van der Waals surface area contributed by atoms with Crippen LogP contribution in [0.15, 0.2) is 48.6 Å². The maximum Gasteiger partial charge on any atom is 0.397 e. The Balaban J connectivity index is 2.48. The number of esters is 1. The lowest BCUT2D eigenvalue weighted by molar-refractivity contribution is -0.301. The van der Waals surface area contributed by atoms with Crippen molar-refractivity contribution in [1.29, 1.82) is 0 Å². The first-order chi connectivity index (χ1) is 27.6. The van der Waals surface area contributed by atoms with Crippen LogP contribution in [-0.4, -0.2) is 97.5 Å². The van der Waals surface area contributed by atoms with E-state index in [9.17, 15) is 28.5 Å². The van der Waals surface area contributed by atoms with Crippen molar-refractivity contribution in [3.05, 3.63) is 48.6 Å². The van der Waals surface area contributed by atoms with Gasteiger partial charge in [-0.1, -0.05) is 152 Å². The van der Waals surface area contributed by atoms with Crippen LogP contribution in [0.1, 0.15) is 162 Å². The molecule has 0 aliphatic carbocycles. The molecule has 6 atom stereocenters. The molecule has 1 aliphatic heterocycles. The lowest BCUT2D eigenvalue weighted by Crippen LogP contribution is -2.60. The predicted octanol–water partition coefficient (Wildman–Crippen LogP) is 8.80. The van der Waals surface area contributed by atoms with Gasteiger partial charge in [0.2, 0.25) is 0 Å². The predicted molar refractivity (Wildman–Crippen MR) is 225 cm³/mol. The topological polar surface area (TPSA) is 178 Å². The van der Waals surface area contributed by atoms with Crippen molar-refractivity contribution in [2.24, 2.45) is 0 Å². The van der Waals surface area contributed by atoms with Crippen molar-refractivity contribution in [3.8, 4) is 0 Å². The molecular weight excluding hydrogens is 753 g/mol. The van der Waals surface area contributed by atoms with Crippen LogP contribution in [0.5, 0.6) is 0 Å². The molecule has 1 heterocycles. The molecule has 0 saturated carbocycles. The molecule has 332 valence electrons. The number of carbonyl (C=O) groups excluding carboxylic acids is 1. The van der Waals surface area contributed by atoms with Gasteiger partial charge in [-0.15, -0.1) is 0 Å². The molecule has 0 spiro atoms. The fourth-order valence-corrected chi connectivity index (χ4v) is 6.94. The second-order valence-corrected chi connectivity index (χ2v) is 16.0. The summed E-state index contributed by atoms with van der Waals surface area (Å²) in [6, 6.07) is 0. The van der Waals surface area contributed by atoms with E-state index in [4.69, 9.17) is 23.5 Å². The van der Waals surface area contributed by atoms with E-state index in [0.717, 1.165) is 70.6 Å².